The van der Waals surface area contributed by atoms with Crippen molar-refractivity contribution >= 4 is 17.1 Å². The number of aryl methyl sites for hydroxylation is 1. The average Bonchev–Trinajstić information content (AvgIpc) is 3.07. The molecule has 5 nitrogen and oxygen atoms in total. The Morgan fingerprint density at radius 2 is 2.05 bits per heavy atom. The maximum atomic E-state index is 12.4. The van der Waals surface area contributed by atoms with E-state index in [2.05, 4.69) is 15.3 Å². The Kier molecular flexibility index (Phi) is 2.92. The maximum absolute atomic E-state index is 12.4. The van der Waals surface area contributed by atoms with Crippen molar-refractivity contribution in [2.45, 2.75) is 6.92 Å². The van der Waals surface area contributed by atoms with E-state index in [1.54, 1.807) is 5.38 Å². The van der Waals surface area contributed by atoms with Crippen LogP contribution < -0.4 is 0 Å². The summed E-state index contributed by atoms with van der Waals surface area (Å²) in [6.45, 7) is 1.87. The number of ketones is 1. The van der Waals surface area contributed by atoms with E-state index < -0.39 is 0 Å². The summed E-state index contributed by atoms with van der Waals surface area (Å²) in [5.41, 5.74) is 1.65. The number of rotatable bonds is 3. The number of hydrogen-bond donors (Lipinski definition) is 0. The lowest BCUT2D eigenvalue weighted by Crippen LogP contribution is -2.10. The zero-order valence-electron chi connectivity index (χ0n) is 10.1. The molecule has 94 valence electrons. The Labute approximate surface area is 113 Å². The molecule has 0 atom stereocenters. The second kappa shape index (κ2) is 4.74. The van der Waals surface area contributed by atoms with Crippen LogP contribution in [0.3, 0.4) is 0 Å². The number of thiazole rings is 1. The summed E-state index contributed by atoms with van der Waals surface area (Å²) < 4.78 is 1.52. The molecule has 0 saturated carbocycles. The van der Waals surface area contributed by atoms with Crippen molar-refractivity contribution in [2.24, 2.45) is 0 Å². The van der Waals surface area contributed by atoms with Crippen LogP contribution in [0, 0.1) is 6.92 Å². The number of benzene rings is 1. The largest absolute Gasteiger partial charge is 0.285 e. The van der Waals surface area contributed by atoms with Gasteiger partial charge < -0.3 is 0 Å². The van der Waals surface area contributed by atoms with Gasteiger partial charge in [-0.1, -0.05) is 23.4 Å². The molecule has 3 aromatic rings. The standard InChI is InChI=1S/C13H10N4OS/c1-9-15-11(8-19-9)13(18)12-7-14-16-17(12)10-5-3-2-4-6-10/h2-8H,1H3. The quantitative estimate of drug-likeness (QED) is 0.685. The van der Waals surface area contributed by atoms with Gasteiger partial charge in [-0.3, -0.25) is 4.79 Å². The lowest BCUT2D eigenvalue weighted by atomic mass is 10.2. The van der Waals surface area contributed by atoms with Crippen molar-refractivity contribution in [2.75, 3.05) is 0 Å². The van der Waals surface area contributed by atoms with Crippen LogP contribution in [0.1, 0.15) is 21.2 Å². The van der Waals surface area contributed by atoms with Crippen LogP contribution in [0.2, 0.25) is 0 Å². The molecule has 0 aliphatic heterocycles. The molecule has 0 bridgehead atoms. The van der Waals surface area contributed by atoms with Gasteiger partial charge in [-0.05, 0) is 19.1 Å². The molecule has 3 rings (SSSR count). The van der Waals surface area contributed by atoms with E-state index in [0.29, 0.717) is 11.4 Å². The predicted molar refractivity (Wildman–Crippen MR) is 71.6 cm³/mol. The lowest BCUT2D eigenvalue weighted by Gasteiger charge is -2.03. The molecule has 0 aliphatic carbocycles. The zero-order valence-corrected chi connectivity index (χ0v) is 11.0. The average molecular weight is 270 g/mol. The second-order valence-electron chi connectivity index (χ2n) is 3.95. The van der Waals surface area contributed by atoms with E-state index in [1.165, 1.54) is 22.2 Å². The minimum atomic E-state index is -0.168. The third-order valence-electron chi connectivity index (χ3n) is 2.63. The van der Waals surface area contributed by atoms with Gasteiger partial charge in [0.25, 0.3) is 0 Å². The van der Waals surface area contributed by atoms with Crippen LogP contribution in [-0.4, -0.2) is 25.8 Å². The molecule has 0 fully saturated rings. The molecule has 19 heavy (non-hydrogen) atoms. The summed E-state index contributed by atoms with van der Waals surface area (Å²) in [5, 5.41) is 10.4. The Balaban J connectivity index is 2.03. The molecule has 6 heteroatoms. The molecule has 0 saturated heterocycles. The number of hydrogen-bond acceptors (Lipinski definition) is 5. The maximum Gasteiger partial charge on any atom is 0.232 e. The fourth-order valence-corrected chi connectivity index (χ4v) is 2.34. The van der Waals surface area contributed by atoms with E-state index in [0.717, 1.165) is 10.7 Å². The first-order valence-corrected chi connectivity index (χ1v) is 6.56. The molecule has 0 radical (unpaired) electrons. The highest BCUT2D eigenvalue weighted by Gasteiger charge is 2.18. The molecular weight excluding hydrogens is 260 g/mol. The summed E-state index contributed by atoms with van der Waals surface area (Å²) in [6.07, 6.45) is 1.46. The van der Waals surface area contributed by atoms with Crippen LogP contribution in [0.4, 0.5) is 0 Å². The summed E-state index contributed by atoms with van der Waals surface area (Å²) in [4.78, 5) is 16.6. The van der Waals surface area contributed by atoms with Crippen LogP contribution >= 0.6 is 11.3 Å². The van der Waals surface area contributed by atoms with Gasteiger partial charge in [-0.25, -0.2) is 9.67 Å². The Bertz CT molecular complexity index is 717. The smallest absolute Gasteiger partial charge is 0.232 e. The van der Waals surface area contributed by atoms with Crippen molar-refractivity contribution in [1.29, 1.82) is 0 Å². The topological polar surface area (TPSA) is 60.7 Å². The third kappa shape index (κ3) is 2.17. The number of para-hydroxylation sites is 1. The monoisotopic (exact) mass is 270 g/mol. The molecule has 0 spiro atoms. The van der Waals surface area contributed by atoms with Crippen LogP contribution in [0.25, 0.3) is 5.69 Å². The molecule has 0 N–H and O–H groups in total. The summed E-state index contributed by atoms with van der Waals surface area (Å²) in [6, 6.07) is 9.43. The predicted octanol–water partition coefficient (Wildman–Crippen LogP) is 2.26. The molecular formula is C13H10N4OS. The number of carbonyl (C=O) groups is 1. The molecule has 0 aliphatic rings. The molecule has 0 unspecified atom stereocenters. The fraction of sp³-hybridized carbons (Fsp3) is 0.0769. The molecule has 2 heterocycles. The number of aromatic nitrogens is 4. The van der Waals surface area contributed by atoms with E-state index in [4.69, 9.17) is 0 Å². The van der Waals surface area contributed by atoms with Gasteiger partial charge in [0.05, 0.1) is 16.9 Å². The molecule has 0 amide bonds. The van der Waals surface area contributed by atoms with Gasteiger partial charge in [0, 0.05) is 5.38 Å². The number of carbonyl (C=O) groups excluding carboxylic acids is 1. The van der Waals surface area contributed by atoms with Crippen LogP contribution in [0.5, 0.6) is 0 Å². The highest BCUT2D eigenvalue weighted by Crippen LogP contribution is 2.15. The summed E-state index contributed by atoms with van der Waals surface area (Å²) in [7, 11) is 0. The highest BCUT2D eigenvalue weighted by atomic mass is 32.1. The third-order valence-corrected chi connectivity index (χ3v) is 3.41. The normalized spacial score (nSPS) is 10.6. The van der Waals surface area contributed by atoms with E-state index in [1.807, 2.05) is 37.3 Å². The summed E-state index contributed by atoms with van der Waals surface area (Å²) >= 11 is 1.45. The Morgan fingerprint density at radius 3 is 2.74 bits per heavy atom. The van der Waals surface area contributed by atoms with Gasteiger partial charge >= 0.3 is 0 Å². The van der Waals surface area contributed by atoms with Gasteiger partial charge in [-0.15, -0.1) is 16.4 Å². The molecule has 1 aromatic carbocycles. The first kappa shape index (κ1) is 11.7. The highest BCUT2D eigenvalue weighted by molar-refractivity contribution is 7.09. The van der Waals surface area contributed by atoms with Crippen LogP contribution in [-0.2, 0) is 0 Å². The van der Waals surface area contributed by atoms with Crippen molar-refractivity contribution in [1.82, 2.24) is 20.0 Å². The first-order valence-electron chi connectivity index (χ1n) is 5.68. The van der Waals surface area contributed by atoms with Gasteiger partial charge in [-0.2, -0.15) is 0 Å². The number of nitrogens with zero attached hydrogens (tertiary/aromatic N) is 4. The molecule has 2 aromatic heterocycles. The van der Waals surface area contributed by atoms with Crippen molar-refractivity contribution in [3.05, 3.63) is 58.3 Å². The van der Waals surface area contributed by atoms with Crippen LogP contribution in [0.15, 0.2) is 41.9 Å². The zero-order chi connectivity index (χ0) is 13.2. The van der Waals surface area contributed by atoms with Crippen molar-refractivity contribution < 1.29 is 4.79 Å². The van der Waals surface area contributed by atoms with Crippen molar-refractivity contribution in [3.63, 3.8) is 0 Å². The van der Waals surface area contributed by atoms with Gasteiger partial charge in [0.2, 0.25) is 5.78 Å². The van der Waals surface area contributed by atoms with E-state index >= 15 is 0 Å². The Morgan fingerprint density at radius 1 is 1.26 bits per heavy atom. The minimum absolute atomic E-state index is 0.168. The van der Waals surface area contributed by atoms with Crippen molar-refractivity contribution in [3.8, 4) is 5.69 Å². The fourth-order valence-electron chi connectivity index (χ4n) is 1.75. The lowest BCUT2D eigenvalue weighted by molar-refractivity contribution is 0.102. The van der Waals surface area contributed by atoms with Gasteiger partial charge in [0.15, 0.2) is 0 Å². The van der Waals surface area contributed by atoms with E-state index in [-0.39, 0.29) is 5.78 Å². The first-order chi connectivity index (χ1) is 9.25. The Hall–Kier alpha value is -2.34. The SMILES string of the molecule is Cc1nc(C(=O)c2cnnn2-c2ccccc2)cs1. The second-order valence-corrected chi connectivity index (χ2v) is 5.01. The summed E-state index contributed by atoms with van der Waals surface area (Å²) in [5.74, 6) is -0.168. The van der Waals surface area contributed by atoms with Gasteiger partial charge in [0.1, 0.15) is 11.4 Å². The minimum Gasteiger partial charge on any atom is -0.285 e. The van der Waals surface area contributed by atoms with E-state index in [9.17, 15) is 4.79 Å².